The summed E-state index contributed by atoms with van der Waals surface area (Å²) in [5, 5.41) is 5.00. The largest absolute Gasteiger partial charge is 0.373 e. The number of thiophene rings is 1. The highest BCUT2D eigenvalue weighted by Crippen LogP contribution is 2.28. The first-order valence-corrected chi connectivity index (χ1v) is 12.7. The summed E-state index contributed by atoms with van der Waals surface area (Å²) in [4.78, 5) is 15.9. The number of nitrogens with zero attached hydrogens (tertiary/aromatic N) is 2. The van der Waals surface area contributed by atoms with Crippen LogP contribution in [0.3, 0.4) is 0 Å². The van der Waals surface area contributed by atoms with Crippen molar-refractivity contribution < 1.29 is 17.9 Å². The molecular formula is C21H28ClN3O4S2. The van der Waals surface area contributed by atoms with E-state index in [-0.39, 0.29) is 52.7 Å². The summed E-state index contributed by atoms with van der Waals surface area (Å²) in [7, 11) is 0.0445. The highest BCUT2D eigenvalue weighted by atomic mass is 35.5. The average Bonchev–Trinajstić information content (AvgIpc) is 3.21. The molecular weight excluding hydrogens is 458 g/mol. The minimum atomic E-state index is -3.86. The van der Waals surface area contributed by atoms with Gasteiger partial charge in [0.15, 0.2) is 0 Å². The third-order valence-corrected chi connectivity index (χ3v) is 8.43. The number of benzene rings is 1. The third-order valence-electron chi connectivity index (χ3n) is 5.15. The molecule has 1 aromatic carbocycles. The Balaban J connectivity index is 1.79. The molecule has 2 heterocycles. The van der Waals surface area contributed by atoms with Gasteiger partial charge in [-0.25, -0.2) is 8.42 Å². The van der Waals surface area contributed by atoms with Gasteiger partial charge in [-0.2, -0.15) is 4.31 Å². The van der Waals surface area contributed by atoms with E-state index in [0.717, 1.165) is 4.88 Å². The summed E-state index contributed by atoms with van der Waals surface area (Å²) >= 11 is 7.87. The molecule has 1 saturated heterocycles. The summed E-state index contributed by atoms with van der Waals surface area (Å²) < 4.78 is 33.5. The molecule has 0 aliphatic carbocycles. The highest BCUT2D eigenvalue weighted by molar-refractivity contribution is 7.89. The number of ether oxygens (including phenoxy) is 1. The molecule has 1 aliphatic rings. The second-order valence-electron chi connectivity index (χ2n) is 7.93. The quantitative estimate of drug-likeness (QED) is 0.651. The van der Waals surface area contributed by atoms with E-state index in [0.29, 0.717) is 6.54 Å². The molecule has 1 aromatic heterocycles. The number of likely N-dealkylation sites (N-methyl/N-ethyl adjacent to an activating group) is 1. The number of carbonyl (C=O) groups is 1. The fourth-order valence-corrected chi connectivity index (χ4v) is 6.63. The van der Waals surface area contributed by atoms with E-state index in [2.05, 4.69) is 5.32 Å². The summed E-state index contributed by atoms with van der Waals surface area (Å²) in [5.74, 6) is -0.347. The average molecular weight is 486 g/mol. The van der Waals surface area contributed by atoms with Gasteiger partial charge < -0.3 is 15.0 Å². The van der Waals surface area contributed by atoms with Crippen LogP contribution in [0.5, 0.6) is 0 Å². The second-order valence-corrected chi connectivity index (χ2v) is 11.2. The van der Waals surface area contributed by atoms with Crippen LogP contribution >= 0.6 is 22.9 Å². The number of rotatable bonds is 7. The Labute approximate surface area is 193 Å². The lowest BCUT2D eigenvalue weighted by Gasteiger charge is -2.34. The molecule has 3 rings (SSSR count). The van der Waals surface area contributed by atoms with Crippen LogP contribution in [0.1, 0.15) is 35.1 Å². The number of sulfonamides is 1. The standard InChI is InChI=1S/C21H28ClN3O4S2/c1-14-12-25(13-15(2)29-14)31(27,28)20-10-16(7-8-17(20)22)21(26)23-11-18(24(3)4)19-6-5-9-30-19/h5-10,14-15,18H,11-13H2,1-4H3,(H,23,26)/t14-,15-,18-/m1/s1. The third kappa shape index (κ3) is 5.66. The molecule has 0 saturated carbocycles. The van der Waals surface area contributed by atoms with E-state index in [1.165, 1.54) is 22.5 Å². The smallest absolute Gasteiger partial charge is 0.251 e. The first kappa shape index (κ1) is 24.2. The van der Waals surface area contributed by atoms with Gasteiger partial charge >= 0.3 is 0 Å². The summed E-state index contributed by atoms with van der Waals surface area (Å²) in [6.45, 7) is 4.54. The van der Waals surface area contributed by atoms with Gasteiger partial charge in [0.2, 0.25) is 10.0 Å². The van der Waals surface area contributed by atoms with E-state index in [1.807, 2.05) is 50.4 Å². The molecule has 7 nitrogen and oxygen atoms in total. The van der Waals surface area contributed by atoms with E-state index in [9.17, 15) is 13.2 Å². The SMILES string of the molecule is C[C@@H]1CN(S(=O)(=O)c2cc(C(=O)NC[C@H](c3cccs3)N(C)C)ccc2Cl)C[C@@H](C)O1. The lowest BCUT2D eigenvalue weighted by Crippen LogP contribution is -2.48. The predicted molar refractivity (Wildman–Crippen MR) is 123 cm³/mol. The van der Waals surface area contributed by atoms with Crippen molar-refractivity contribution >= 4 is 38.9 Å². The number of halogens is 1. The zero-order valence-electron chi connectivity index (χ0n) is 18.0. The Morgan fingerprint density at radius 1 is 1.29 bits per heavy atom. The molecule has 1 aliphatic heterocycles. The van der Waals surface area contributed by atoms with E-state index in [1.54, 1.807) is 11.3 Å². The Morgan fingerprint density at radius 3 is 2.55 bits per heavy atom. The summed E-state index contributed by atoms with van der Waals surface area (Å²) in [5.41, 5.74) is 0.251. The topological polar surface area (TPSA) is 79.0 Å². The number of carbonyl (C=O) groups excluding carboxylic acids is 1. The van der Waals surface area contributed by atoms with Crippen molar-refractivity contribution in [3.8, 4) is 0 Å². The van der Waals surface area contributed by atoms with E-state index >= 15 is 0 Å². The normalized spacial score (nSPS) is 21.2. The lowest BCUT2D eigenvalue weighted by atomic mass is 10.2. The maximum atomic E-state index is 13.2. The zero-order valence-corrected chi connectivity index (χ0v) is 20.4. The minimum Gasteiger partial charge on any atom is -0.373 e. The molecule has 0 spiro atoms. The second kappa shape index (κ2) is 9.97. The predicted octanol–water partition coefficient (Wildman–Crippen LogP) is 3.23. The molecule has 0 radical (unpaired) electrons. The highest BCUT2D eigenvalue weighted by Gasteiger charge is 2.34. The zero-order chi connectivity index (χ0) is 22.8. The van der Waals surface area contributed by atoms with Gasteiger partial charge in [-0.3, -0.25) is 4.79 Å². The molecule has 0 bridgehead atoms. The fourth-order valence-electron chi connectivity index (χ4n) is 3.62. The molecule has 1 fully saturated rings. The monoisotopic (exact) mass is 485 g/mol. The maximum absolute atomic E-state index is 13.2. The molecule has 0 unspecified atom stereocenters. The molecule has 31 heavy (non-hydrogen) atoms. The Morgan fingerprint density at radius 2 is 1.97 bits per heavy atom. The lowest BCUT2D eigenvalue weighted by molar-refractivity contribution is -0.0440. The Bertz CT molecular complexity index is 1000. The first-order valence-electron chi connectivity index (χ1n) is 10.0. The first-order chi connectivity index (χ1) is 14.6. The van der Waals surface area contributed by atoms with Crippen LogP contribution in [-0.2, 0) is 14.8 Å². The van der Waals surface area contributed by atoms with Crippen LogP contribution in [0.4, 0.5) is 0 Å². The number of hydrogen-bond donors (Lipinski definition) is 1. The van der Waals surface area contributed by atoms with E-state index in [4.69, 9.17) is 16.3 Å². The van der Waals surface area contributed by atoms with Crippen LogP contribution in [0.2, 0.25) is 5.02 Å². The van der Waals surface area contributed by atoms with Gasteiger partial charge in [-0.05, 0) is 57.6 Å². The molecule has 10 heteroatoms. The van der Waals surface area contributed by atoms with Crippen LogP contribution in [-0.4, -0.2) is 69.5 Å². The van der Waals surface area contributed by atoms with Gasteiger partial charge in [0.25, 0.3) is 5.91 Å². The Hall–Kier alpha value is -1.49. The van der Waals surface area contributed by atoms with Gasteiger partial charge in [0.1, 0.15) is 4.90 Å². The van der Waals surface area contributed by atoms with Crippen LogP contribution in [0.25, 0.3) is 0 Å². The molecule has 3 atom stereocenters. The van der Waals surface area contributed by atoms with E-state index < -0.39 is 10.0 Å². The van der Waals surface area contributed by atoms with Crippen LogP contribution in [0.15, 0.2) is 40.6 Å². The van der Waals surface area contributed by atoms with Gasteiger partial charge in [0, 0.05) is 30.1 Å². The number of amides is 1. The van der Waals surface area contributed by atoms with Crippen molar-refractivity contribution in [3.05, 3.63) is 51.2 Å². The molecule has 170 valence electrons. The van der Waals surface area contributed by atoms with Crippen molar-refractivity contribution in [1.29, 1.82) is 0 Å². The molecule has 2 aromatic rings. The fraction of sp³-hybridized carbons (Fsp3) is 0.476. The van der Waals surface area contributed by atoms with Crippen LogP contribution < -0.4 is 5.32 Å². The van der Waals surface area contributed by atoms with Crippen molar-refractivity contribution in [2.45, 2.75) is 37.0 Å². The summed E-state index contributed by atoms with van der Waals surface area (Å²) in [6, 6.07) is 8.38. The van der Waals surface area contributed by atoms with Crippen molar-refractivity contribution in [2.75, 3.05) is 33.7 Å². The number of nitrogens with one attached hydrogen (secondary N) is 1. The van der Waals surface area contributed by atoms with Gasteiger partial charge in [0.05, 0.1) is 23.3 Å². The minimum absolute atomic E-state index is 0.0239. The summed E-state index contributed by atoms with van der Waals surface area (Å²) in [6.07, 6.45) is -0.437. The van der Waals surface area contributed by atoms with Crippen molar-refractivity contribution in [2.24, 2.45) is 0 Å². The Kier molecular flexibility index (Phi) is 7.77. The number of hydrogen-bond acceptors (Lipinski definition) is 6. The van der Waals surface area contributed by atoms with Crippen molar-refractivity contribution in [3.63, 3.8) is 0 Å². The van der Waals surface area contributed by atoms with Crippen LogP contribution in [0, 0.1) is 0 Å². The van der Waals surface area contributed by atoms with Gasteiger partial charge in [-0.1, -0.05) is 17.7 Å². The molecule has 1 N–H and O–H groups in total. The maximum Gasteiger partial charge on any atom is 0.251 e. The van der Waals surface area contributed by atoms with Crippen molar-refractivity contribution in [1.82, 2.24) is 14.5 Å². The van der Waals surface area contributed by atoms with Gasteiger partial charge in [-0.15, -0.1) is 11.3 Å². The molecule has 1 amide bonds. The number of morpholine rings is 1.